The van der Waals surface area contributed by atoms with Crippen molar-refractivity contribution in [2.45, 2.75) is 37.8 Å². The Morgan fingerprint density at radius 3 is 3.06 bits per heavy atom. The maximum atomic E-state index is 6.09. The van der Waals surface area contributed by atoms with Gasteiger partial charge in [-0.25, -0.2) is 0 Å². The van der Waals surface area contributed by atoms with Gasteiger partial charge in [0.25, 0.3) is 0 Å². The van der Waals surface area contributed by atoms with Crippen LogP contribution in [0.25, 0.3) is 0 Å². The van der Waals surface area contributed by atoms with Crippen molar-refractivity contribution in [1.29, 1.82) is 0 Å². The van der Waals surface area contributed by atoms with Gasteiger partial charge in [0, 0.05) is 29.3 Å². The molecule has 1 aromatic rings. The number of hydrogen-bond acceptors (Lipinski definition) is 2. The lowest BCUT2D eigenvalue weighted by Crippen LogP contribution is -2.48. The molecular weight excluding hydrogens is 220 g/mol. The lowest BCUT2D eigenvalue weighted by molar-refractivity contribution is 0.399. The van der Waals surface area contributed by atoms with Crippen LogP contribution in [0.3, 0.4) is 0 Å². The Bertz CT molecular complexity index is 399. The van der Waals surface area contributed by atoms with Crippen molar-refractivity contribution in [3.8, 4) is 0 Å². The van der Waals surface area contributed by atoms with E-state index in [1.165, 1.54) is 36.9 Å². The maximum absolute atomic E-state index is 6.09. The van der Waals surface area contributed by atoms with Gasteiger partial charge in [-0.1, -0.05) is 17.7 Å². The highest BCUT2D eigenvalue weighted by Gasteiger charge is 2.36. The smallest absolute Gasteiger partial charge is 0.0426 e. The summed E-state index contributed by atoms with van der Waals surface area (Å²) in [5, 5.41) is 0.834. The highest BCUT2D eigenvalue weighted by atomic mass is 35.5. The van der Waals surface area contributed by atoms with Crippen molar-refractivity contribution in [2.75, 3.05) is 11.4 Å². The third-order valence-electron chi connectivity index (χ3n) is 3.91. The van der Waals surface area contributed by atoms with Crippen molar-refractivity contribution in [3.05, 3.63) is 28.8 Å². The van der Waals surface area contributed by atoms with Crippen molar-refractivity contribution in [2.24, 2.45) is 5.73 Å². The van der Waals surface area contributed by atoms with Crippen LogP contribution < -0.4 is 10.6 Å². The van der Waals surface area contributed by atoms with E-state index in [1.54, 1.807) is 0 Å². The molecule has 1 aromatic carbocycles. The molecule has 86 valence electrons. The predicted molar refractivity (Wildman–Crippen MR) is 68.1 cm³/mol. The molecule has 1 saturated heterocycles. The van der Waals surface area contributed by atoms with Crippen LogP contribution in [0.5, 0.6) is 0 Å². The van der Waals surface area contributed by atoms with E-state index in [-0.39, 0.29) is 0 Å². The molecule has 0 radical (unpaired) electrons. The van der Waals surface area contributed by atoms with Crippen molar-refractivity contribution >= 4 is 17.3 Å². The topological polar surface area (TPSA) is 29.3 Å². The first-order chi connectivity index (χ1) is 7.79. The Labute approximate surface area is 101 Å². The standard InChI is InChI=1S/C13H17ClN2/c14-10-5-4-9-6-11-2-1-3-12(8-15)16(11)13(9)7-10/h4-5,7,11-12H,1-3,6,8,15H2. The fourth-order valence-corrected chi connectivity index (χ4v) is 3.36. The van der Waals surface area contributed by atoms with E-state index in [4.69, 9.17) is 17.3 Å². The van der Waals surface area contributed by atoms with Crippen LogP contribution in [-0.2, 0) is 6.42 Å². The van der Waals surface area contributed by atoms with E-state index < -0.39 is 0 Å². The first kappa shape index (κ1) is 10.4. The summed E-state index contributed by atoms with van der Waals surface area (Å²) in [5.74, 6) is 0. The summed E-state index contributed by atoms with van der Waals surface area (Å²) in [6.07, 6.45) is 5.00. The molecule has 2 unspecified atom stereocenters. The van der Waals surface area contributed by atoms with Crippen molar-refractivity contribution in [3.63, 3.8) is 0 Å². The quantitative estimate of drug-likeness (QED) is 0.812. The zero-order valence-corrected chi connectivity index (χ0v) is 10.1. The summed E-state index contributed by atoms with van der Waals surface area (Å²) in [4.78, 5) is 2.52. The molecule has 3 heteroatoms. The Balaban J connectivity index is 2.01. The van der Waals surface area contributed by atoms with Crippen LogP contribution in [0, 0.1) is 0 Å². The van der Waals surface area contributed by atoms with E-state index in [9.17, 15) is 0 Å². The van der Waals surface area contributed by atoms with Crippen LogP contribution >= 0.6 is 11.6 Å². The Hall–Kier alpha value is -0.730. The van der Waals surface area contributed by atoms with Crippen LogP contribution in [0.4, 0.5) is 5.69 Å². The molecule has 2 aliphatic heterocycles. The van der Waals surface area contributed by atoms with E-state index in [2.05, 4.69) is 17.0 Å². The maximum Gasteiger partial charge on any atom is 0.0426 e. The van der Waals surface area contributed by atoms with Crippen LogP contribution in [-0.4, -0.2) is 18.6 Å². The minimum Gasteiger partial charge on any atom is -0.364 e. The molecule has 2 heterocycles. The number of hydrogen-bond donors (Lipinski definition) is 1. The van der Waals surface area contributed by atoms with Gasteiger partial charge in [-0.05, 0) is 43.4 Å². The minimum atomic E-state index is 0.512. The number of anilines is 1. The Morgan fingerprint density at radius 1 is 1.38 bits per heavy atom. The van der Waals surface area contributed by atoms with Crippen molar-refractivity contribution < 1.29 is 0 Å². The zero-order chi connectivity index (χ0) is 11.1. The summed E-state index contributed by atoms with van der Waals surface area (Å²) < 4.78 is 0. The van der Waals surface area contributed by atoms with Gasteiger partial charge in [-0.3, -0.25) is 0 Å². The normalized spacial score (nSPS) is 27.8. The highest BCUT2D eigenvalue weighted by molar-refractivity contribution is 6.30. The fourth-order valence-electron chi connectivity index (χ4n) is 3.19. The van der Waals surface area contributed by atoms with Gasteiger partial charge in [0.15, 0.2) is 0 Å². The van der Waals surface area contributed by atoms with E-state index in [0.29, 0.717) is 12.1 Å². The molecule has 0 spiro atoms. The number of nitrogens with zero attached hydrogens (tertiary/aromatic N) is 1. The summed E-state index contributed by atoms with van der Waals surface area (Å²) in [6, 6.07) is 7.44. The van der Waals surface area contributed by atoms with E-state index in [1.807, 2.05) is 6.07 Å². The van der Waals surface area contributed by atoms with Gasteiger partial charge in [0.05, 0.1) is 0 Å². The molecule has 0 saturated carbocycles. The second-order valence-electron chi connectivity index (χ2n) is 4.86. The van der Waals surface area contributed by atoms with Gasteiger partial charge >= 0.3 is 0 Å². The van der Waals surface area contributed by atoms with Gasteiger partial charge in [-0.2, -0.15) is 0 Å². The lowest BCUT2D eigenvalue weighted by Gasteiger charge is -2.39. The molecule has 1 fully saturated rings. The summed E-state index contributed by atoms with van der Waals surface area (Å²) in [7, 11) is 0. The van der Waals surface area contributed by atoms with Gasteiger partial charge < -0.3 is 10.6 Å². The summed E-state index contributed by atoms with van der Waals surface area (Å²) in [5.41, 5.74) is 8.65. The van der Waals surface area contributed by atoms with E-state index in [0.717, 1.165) is 11.6 Å². The number of rotatable bonds is 1. The van der Waals surface area contributed by atoms with Crippen molar-refractivity contribution in [1.82, 2.24) is 0 Å². The molecule has 0 aromatic heterocycles. The average Bonchev–Trinajstić information content (AvgIpc) is 2.66. The first-order valence-electron chi connectivity index (χ1n) is 6.06. The average molecular weight is 237 g/mol. The molecule has 2 aliphatic rings. The monoisotopic (exact) mass is 236 g/mol. The van der Waals surface area contributed by atoms with Gasteiger partial charge in [0.1, 0.15) is 0 Å². The highest BCUT2D eigenvalue weighted by Crippen LogP contribution is 2.40. The Morgan fingerprint density at radius 2 is 2.25 bits per heavy atom. The van der Waals surface area contributed by atoms with Gasteiger partial charge in [-0.15, -0.1) is 0 Å². The van der Waals surface area contributed by atoms with Gasteiger partial charge in [0.2, 0.25) is 0 Å². The van der Waals surface area contributed by atoms with Crippen LogP contribution in [0.1, 0.15) is 24.8 Å². The van der Waals surface area contributed by atoms with E-state index >= 15 is 0 Å². The summed E-state index contributed by atoms with van der Waals surface area (Å²) >= 11 is 6.09. The second kappa shape index (κ2) is 3.94. The zero-order valence-electron chi connectivity index (χ0n) is 9.32. The minimum absolute atomic E-state index is 0.512. The van der Waals surface area contributed by atoms with Crippen LogP contribution in [0.15, 0.2) is 18.2 Å². The molecule has 0 bridgehead atoms. The molecule has 2 nitrogen and oxygen atoms in total. The number of halogens is 1. The predicted octanol–water partition coefficient (Wildman–Crippen LogP) is 2.58. The largest absolute Gasteiger partial charge is 0.364 e. The molecular formula is C13H17ClN2. The third-order valence-corrected chi connectivity index (χ3v) is 4.15. The molecule has 16 heavy (non-hydrogen) atoms. The molecule has 0 aliphatic carbocycles. The second-order valence-corrected chi connectivity index (χ2v) is 5.30. The molecule has 3 rings (SSSR count). The SMILES string of the molecule is NCC1CCCC2Cc3ccc(Cl)cc3N12. The summed E-state index contributed by atoms with van der Waals surface area (Å²) in [6.45, 7) is 0.752. The lowest BCUT2D eigenvalue weighted by atomic mass is 9.96. The third kappa shape index (κ3) is 1.52. The number of fused-ring (bicyclic) bond motifs is 3. The van der Waals surface area contributed by atoms with Crippen LogP contribution in [0.2, 0.25) is 5.02 Å². The first-order valence-corrected chi connectivity index (χ1v) is 6.44. The molecule has 2 N–H and O–H groups in total. The molecule has 2 atom stereocenters. The number of benzene rings is 1. The Kier molecular flexibility index (Phi) is 2.56. The molecule has 0 amide bonds. The number of piperidine rings is 1. The fraction of sp³-hybridized carbons (Fsp3) is 0.538. The number of nitrogens with two attached hydrogens (primary N) is 1.